The van der Waals surface area contributed by atoms with E-state index in [1.807, 2.05) is 20.8 Å². The molecular formula is C12H9N9S6. The van der Waals surface area contributed by atoms with Gasteiger partial charge in [-0.1, -0.05) is 34.0 Å². The van der Waals surface area contributed by atoms with Gasteiger partial charge in [0.1, 0.15) is 15.0 Å². The average Bonchev–Trinajstić information content (AvgIpc) is 3.31. The van der Waals surface area contributed by atoms with E-state index in [-0.39, 0.29) is 0 Å². The van der Waals surface area contributed by atoms with Crippen molar-refractivity contribution in [3.05, 3.63) is 15.0 Å². The van der Waals surface area contributed by atoms with E-state index in [2.05, 4.69) is 45.5 Å². The van der Waals surface area contributed by atoms with Crippen molar-refractivity contribution in [1.82, 2.24) is 45.5 Å². The first kappa shape index (κ1) is 19.1. The number of hydrogen-bond acceptors (Lipinski definition) is 15. The first-order valence-corrected chi connectivity index (χ1v) is 12.1. The maximum absolute atomic E-state index is 4.52. The fraction of sp³-hybridized carbons (Fsp3) is 0.250. The number of aromatic nitrogens is 9. The predicted octanol–water partition coefficient (Wildman–Crippen LogP) is 3.80. The maximum Gasteiger partial charge on any atom is 0.199 e. The van der Waals surface area contributed by atoms with Crippen LogP contribution in [0.15, 0.2) is 28.5 Å². The molecule has 27 heavy (non-hydrogen) atoms. The second kappa shape index (κ2) is 8.40. The monoisotopic (exact) mass is 471 g/mol. The van der Waals surface area contributed by atoms with Crippen molar-refractivity contribution in [3.8, 4) is 0 Å². The zero-order chi connectivity index (χ0) is 18.8. The molecule has 0 spiro atoms. The maximum atomic E-state index is 4.52. The first-order chi connectivity index (χ1) is 13.0. The number of nitrogens with zero attached hydrogens (tertiary/aromatic N) is 9. The van der Waals surface area contributed by atoms with Gasteiger partial charge in [0, 0.05) is 0 Å². The zero-order valence-corrected chi connectivity index (χ0v) is 18.9. The van der Waals surface area contributed by atoms with E-state index in [0.717, 1.165) is 28.0 Å². The Morgan fingerprint density at radius 2 is 0.778 bits per heavy atom. The Hall–Kier alpha value is -1.26. The normalized spacial score (nSPS) is 11.2. The van der Waals surface area contributed by atoms with E-state index < -0.39 is 0 Å². The van der Waals surface area contributed by atoms with Crippen molar-refractivity contribution < 1.29 is 0 Å². The smallest absolute Gasteiger partial charge is 0.195 e. The van der Waals surface area contributed by atoms with Crippen molar-refractivity contribution in [3.63, 3.8) is 0 Å². The molecule has 4 rings (SSSR count). The van der Waals surface area contributed by atoms with Gasteiger partial charge in [0.25, 0.3) is 0 Å². The van der Waals surface area contributed by atoms with E-state index in [1.54, 1.807) is 0 Å². The summed E-state index contributed by atoms with van der Waals surface area (Å²) < 4.78 is 2.34. The van der Waals surface area contributed by atoms with Crippen LogP contribution in [0.1, 0.15) is 15.0 Å². The summed E-state index contributed by atoms with van der Waals surface area (Å²) in [5, 5.41) is 28.8. The van der Waals surface area contributed by atoms with Gasteiger partial charge in [0.15, 0.2) is 28.5 Å². The fourth-order valence-electron chi connectivity index (χ4n) is 1.65. The summed E-state index contributed by atoms with van der Waals surface area (Å²) in [6.45, 7) is 5.73. The van der Waals surface area contributed by atoms with Crippen LogP contribution in [0.5, 0.6) is 0 Å². The summed E-state index contributed by atoms with van der Waals surface area (Å²) in [6.07, 6.45) is 0. The van der Waals surface area contributed by atoms with Crippen LogP contribution in [-0.4, -0.2) is 45.5 Å². The molecule has 0 saturated carbocycles. The van der Waals surface area contributed by atoms with E-state index in [4.69, 9.17) is 0 Å². The van der Waals surface area contributed by atoms with E-state index in [9.17, 15) is 0 Å². The molecule has 4 aromatic rings. The quantitative estimate of drug-likeness (QED) is 0.407. The molecule has 0 radical (unpaired) electrons. The number of hydrogen-bond donors (Lipinski definition) is 0. The van der Waals surface area contributed by atoms with Crippen LogP contribution in [-0.2, 0) is 0 Å². The van der Waals surface area contributed by atoms with Crippen molar-refractivity contribution in [2.45, 2.75) is 49.3 Å². The molecule has 0 N–H and O–H groups in total. The Bertz CT molecular complexity index is 927. The van der Waals surface area contributed by atoms with Gasteiger partial charge in [0.05, 0.1) is 0 Å². The van der Waals surface area contributed by atoms with Crippen molar-refractivity contribution >= 4 is 69.3 Å². The van der Waals surface area contributed by atoms with E-state index in [1.165, 1.54) is 69.3 Å². The van der Waals surface area contributed by atoms with Crippen LogP contribution in [0.25, 0.3) is 0 Å². The molecule has 0 unspecified atom stereocenters. The molecule has 0 atom stereocenters. The largest absolute Gasteiger partial charge is 0.199 e. The number of aryl methyl sites for hydroxylation is 3. The summed E-state index contributed by atoms with van der Waals surface area (Å²) in [4.78, 5) is 13.6. The Morgan fingerprint density at radius 3 is 1.00 bits per heavy atom. The van der Waals surface area contributed by atoms with Gasteiger partial charge in [-0.2, -0.15) is 15.0 Å². The molecule has 4 heterocycles. The minimum Gasteiger partial charge on any atom is -0.195 e. The van der Waals surface area contributed by atoms with Gasteiger partial charge in [-0.25, -0.2) is 0 Å². The lowest BCUT2D eigenvalue weighted by atomic mass is 10.9. The second-order valence-electron chi connectivity index (χ2n) is 4.75. The summed E-state index contributed by atoms with van der Waals surface area (Å²) in [5.74, 6) is 0. The highest BCUT2D eigenvalue weighted by atomic mass is 32.2. The molecular weight excluding hydrogens is 463 g/mol. The molecule has 9 nitrogen and oxygen atoms in total. The molecule has 0 aromatic carbocycles. The summed E-state index contributed by atoms with van der Waals surface area (Å²) in [6, 6.07) is 0. The molecule has 0 aliphatic carbocycles. The van der Waals surface area contributed by atoms with E-state index >= 15 is 0 Å². The van der Waals surface area contributed by atoms with Gasteiger partial charge in [-0.3, -0.25) is 0 Å². The lowest BCUT2D eigenvalue weighted by Crippen LogP contribution is -1.96. The highest BCUT2D eigenvalue weighted by Crippen LogP contribution is 2.34. The summed E-state index contributed by atoms with van der Waals surface area (Å²) >= 11 is 8.56. The van der Waals surface area contributed by atoms with Crippen molar-refractivity contribution in [2.75, 3.05) is 0 Å². The Morgan fingerprint density at radius 1 is 0.481 bits per heavy atom. The fourth-order valence-corrected chi connectivity index (χ4v) is 6.83. The third-order valence-electron chi connectivity index (χ3n) is 2.63. The molecule has 0 saturated heterocycles. The van der Waals surface area contributed by atoms with Gasteiger partial charge < -0.3 is 0 Å². The minimum atomic E-state index is 0.550. The molecule has 0 bridgehead atoms. The molecule has 0 amide bonds. The van der Waals surface area contributed by atoms with Crippen molar-refractivity contribution in [1.29, 1.82) is 0 Å². The highest BCUT2D eigenvalue weighted by Gasteiger charge is 2.15. The van der Waals surface area contributed by atoms with Crippen LogP contribution in [0.4, 0.5) is 0 Å². The molecule has 4 aromatic heterocycles. The minimum absolute atomic E-state index is 0.550. The molecule has 0 fully saturated rings. The summed E-state index contributed by atoms with van der Waals surface area (Å²) in [7, 11) is 0. The number of rotatable bonds is 6. The molecule has 0 aliphatic heterocycles. The van der Waals surface area contributed by atoms with Crippen LogP contribution < -0.4 is 0 Å². The van der Waals surface area contributed by atoms with Crippen LogP contribution in [0.2, 0.25) is 0 Å². The zero-order valence-electron chi connectivity index (χ0n) is 14.0. The molecule has 15 heteroatoms. The summed E-state index contributed by atoms with van der Waals surface area (Å²) in [5.41, 5.74) is 0. The average molecular weight is 472 g/mol. The SMILES string of the molecule is Cc1nnc(Sc2nc(Sc3nnc(C)s3)nc(Sc3nnc(C)s3)n2)s1. The Labute approximate surface area is 178 Å². The van der Waals surface area contributed by atoms with Gasteiger partial charge in [-0.15, -0.1) is 30.6 Å². The topological polar surface area (TPSA) is 116 Å². The van der Waals surface area contributed by atoms with Crippen LogP contribution >= 0.6 is 69.3 Å². The molecule has 138 valence electrons. The van der Waals surface area contributed by atoms with Gasteiger partial charge in [0.2, 0.25) is 0 Å². The second-order valence-corrected chi connectivity index (χ2v) is 11.9. The van der Waals surface area contributed by atoms with Gasteiger partial charge in [-0.05, 0) is 56.1 Å². The van der Waals surface area contributed by atoms with Crippen LogP contribution in [0, 0.1) is 20.8 Å². The predicted molar refractivity (Wildman–Crippen MR) is 106 cm³/mol. The van der Waals surface area contributed by atoms with Crippen molar-refractivity contribution in [2.24, 2.45) is 0 Å². The lowest BCUT2D eigenvalue weighted by Gasteiger charge is -2.03. The highest BCUT2D eigenvalue weighted by molar-refractivity contribution is 8.02. The first-order valence-electron chi connectivity index (χ1n) is 7.23. The van der Waals surface area contributed by atoms with Gasteiger partial charge >= 0.3 is 0 Å². The third-order valence-corrected chi connectivity index (χ3v) is 7.90. The Balaban J connectivity index is 1.63. The standard InChI is InChI=1S/C12H9N9S6/c1-4-16-19-10(22-4)25-7-13-8(26-11-20-17-5(2)23-11)15-9(14-7)27-12-21-18-6(3)24-12/h1-3H3. The van der Waals surface area contributed by atoms with Crippen LogP contribution in [0.3, 0.4) is 0 Å². The molecule has 0 aliphatic rings. The Kier molecular flexibility index (Phi) is 5.93. The third kappa shape index (κ3) is 5.17. The van der Waals surface area contributed by atoms with E-state index in [0.29, 0.717) is 15.5 Å². The lowest BCUT2D eigenvalue weighted by molar-refractivity contribution is 0.716.